The first-order valence-electron chi connectivity index (χ1n) is 9.65. The van der Waals surface area contributed by atoms with Gasteiger partial charge in [0.2, 0.25) is 10.0 Å². The van der Waals surface area contributed by atoms with Crippen LogP contribution in [0.3, 0.4) is 0 Å². The van der Waals surface area contributed by atoms with E-state index in [0.717, 1.165) is 0 Å². The average Bonchev–Trinajstić information content (AvgIpc) is 2.71. The molecule has 2 N–H and O–H groups in total. The Bertz CT molecular complexity index is 859. The van der Waals surface area contributed by atoms with Crippen LogP contribution in [-0.2, 0) is 24.3 Å². The van der Waals surface area contributed by atoms with Crippen molar-refractivity contribution in [2.24, 2.45) is 0 Å². The summed E-state index contributed by atoms with van der Waals surface area (Å²) >= 11 is 0. The summed E-state index contributed by atoms with van der Waals surface area (Å²) in [5, 5.41) is 4.97. The van der Waals surface area contributed by atoms with Gasteiger partial charge in [0.1, 0.15) is 12.0 Å². The second-order valence-corrected chi connectivity index (χ2v) is 9.09. The van der Waals surface area contributed by atoms with E-state index in [9.17, 15) is 18.0 Å². The number of hydrogen-bond acceptors (Lipinski definition) is 7. The number of methoxy groups -OCH3 is 1. The summed E-state index contributed by atoms with van der Waals surface area (Å²) in [6.07, 6.45) is -0.367. The van der Waals surface area contributed by atoms with Crippen molar-refractivity contribution in [1.29, 1.82) is 0 Å². The summed E-state index contributed by atoms with van der Waals surface area (Å²) in [5.74, 6) is -1.01. The lowest BCUT2D eigenvalue weighted by Crippen LogP contribution is -2.53. The van der Waals surface area contributed by atoms with Crippen LogP contribution in [0.25, 0.3) is 0 Å². The van der Waals surface area contributed by atoms with Crippen LogP contribution in [0.1, 0.15) is 12.0 Å². The van der Waals surface area contributed by atoms with Crippen LogP contribution in [-0.4, -0.2) is 89.7 Å². The lowest BCUT2D eigenvalue weighted by Gasteiger charge is -2.34. The van der Waals surface area contributed by atoms with Gasteiger partial charge in [0.05, 0.1) is 25.2 Å². The molecule has 1 aliphatic heterocycles. The zero-order chi connectivity index (χ0) is 22.3. The van der Waals surface area contributed by atoms with Gasteiger partial charge in [0, 0.05) is 19.6 Å². The monoisotopic (exact) mass is 442 g/mol. The molecular weight excluding hydrogens is 412 g/mol. The number of nitrogens with zero attached hydrogens (tertiary/aromatic N) is 2. The highest BCUT2D eigenvalue weighted by Crippen LogP contribution is 2.26. The summed E-state index contributed by atoms with van der Waals surface area (Å²) in [6, 6.07) is 4.61. The lowest BCUT2D eigenvalue weighted by molar-refractivity contribution is -0.140. The molecule has 30 heavy (non-hydrogen) atoms. The number of rotatable bonds is 8. The first-order chi connectivity index (χ1) is 14.2. The number of carbonyl (C=O) groups excluding carboxylic acids is 2. The van der Waals surface area contributed by atoms with Crippen molar-refractivity contribution in [2.45, 2.75) is 24.5 Å². The molecule has 2 rings (SSSR count). The summed E-state index contributed by atoms with van der Waals surface area (Å²) in [7, 11) is 1.37. The van der Waals surface area contributed by atoms with E-state index in [4.69, 9.17) is 9.47 Å². The van der Waals surface area contributed by atoms with Gasteiger partial charge in [-0.1, -0.05) is 0 Å². The van der Waals surface area contributed by atoms with Gasteiger partial charge in [-0.15, -0.1) is 0 Å². The molecule has 1 aliphatic rings. The van der Waals surface area contributed by atoms with Crippen molar-refractivity contribution in [2.75, 3.05) is 54.0 Å². The van der Waals surface area contributed by atoms with Gasteiger partial charge in [0.15, 0.2) is 0 Å². The van der Waals surface area contributed by atoms with Crippen molar-refractivity contribution in [3.05, 3.63) is 23.8 Å². The SMILES string of the molecule is COc1ccc(S(=O)(=O)N2CCCO[C@H]2CNC(=O)C(=O)NCCN(C)C)cc1C. The molecule has 0 saturated carbocycles. The minimum atomic E-state index is -3.86. The lowest BCUT2D eigenvalue weighted by atomic mass is 10.2. The molecule has 2 amide bonds. The number of likely N-dealkylation sites (N-methyl/N-ethyl adjacent to an activating group) is 1. The zero-order valence-electron chi connectivity index (χ0n) is 17.8. The van der Waals surface area contributed by atoms with E-state index in [-0.39, 0.29) is 18.0 Å². The first kappa shape index (κ1) is 24.1. The van der Waals surface area contributed by atoms with Gasteiger partial charge >= 0.3 is 11.8 Å². The molecule has 0 aromatic heterocycles. The fourth-order valence-corrected chi connectivity index (χ4v) is 4.63. The van der Waals surface area contributed by atoms with E-state index in [2.05, 4.69) is 10.6 Å². The maximum absolute atomic E-state index is 13.1. The number of aryl methyl sites for hydroxylation is 1. The number of nitrogens with one attached hydrogen (secondary N) is 2. The van der Waals surface area contributed by atoms with Crippen LogP contribution in [0, 0.1) is 6.92 Å². The molecule has 0 bridgehead atoms. The van der Waals surface area contributed by atoms with Gasteiger partial charge in [-0.25, -0.2) is 8.42 Å². The smallest absolute Gasteiger partial charge is 0.309 e. The maximum atomic E-state index is 13.1. The normalized spacial score (nSPS) is 17.6. The molecular formula is C19H30N4O6S. The molecule has 10 nitrogen and oxygen atoms in total. The summed E-state index contributed by atoms with van der Waals surface area (Å²) in [4.78, 5) is 25.9. The Morgan fingerprint density at radius 2 is 1.97 bits per heavy atom. The van der Waals surface area contributed by atoms with Crippen LogP contribution in [0.5, 0.6) is 5.75 Å². The van der Waals surface area contributed by atoms with Crippen LogP contribution in [0.4, 0.5) is 0 Å². The molecule has 0 aliphatic carbocycles. The Labute approximate surface area is 177 Å². The number of hydrogen-bond donors (Lipinski definition) is 2. The van der Waals surface area contributed by atoms with Crippen molar-refractivity contribution >= 4 is 21.8 Å². The minimum absolute atomic E-state index is 0.115. The van der Waals surface area contributed by atoms with Crippen LogP contribution >= 0.6 is 0 Å². The third-order valence-corrected chi connectivity index (χ3v) is 6.50. The Morgan fingerprint density at radius 3 is 2.60 bits per heavy atom. The molecule has 0 unspecified atom stereocenters. The topological polar surface area (TPSA) is 117 Å². The highest BCUT2D eigenvalue weighted by atomic mass is 32.2. The Hall–Kier alpha value is -2.21. The number of amides is 2. The maximum Gasteiger partial charge on any atom is 0.309 e. The largest absolute Gasteiger partial charge is 0.496 e. The number of sulfonamides is 1. The third kappa shape index (κ3) is 6.14. The van der Waals surface area contributed by atoms with E-state index < -0.39 is 28.1 Å². The molecule has 168 valence electrons. The summed E-state index contributed by atoms with van der Waals surface area (Å²) < 4.78 is 38.3. The average molecular weight is 443 g/mol. The van der Waals surface area contributed by atoms with Crippen molar-refractivity contribution in [1.82, 2.24) is 19.8 Å². The molecule has 1 saturated heterocycles. The molecule has 1 atom stereocenters. The minimum Gasteiger partial charge on any atom is -0.496 e. The predicted molar refractivity (Wildman–Crippen MR) is 111 cm³/mol. The highest BCUT2D eigenvalue weighted by molar-refractivity contribution is 7.89. The van der Waals surface area contributed by atoms with Crippen LogP contribution in [0.2, 0.25) is 0 Å². The second kappa shape index (κ2) is 10.7. The van der Waals surface area contributed by atoms with Gasteiger partial charge in [-0.05, 0) is 51.2 Å². The Kier molecular flexibility index (Phi) is 8.59. The van der Waals surface area contributed by atoms with Crippen LogP contribution < -0.4 is 15.4 Å². The van der Waals surface area contributed by atoms with Gasteiger partial charge in [-0.2, -0.15) is 4.31 Å². The molecule has 0 spiro atoms. The number of carbonyl (C=O) groups is 2. The van der Waals surface area contributed by atoms with Gasteiger partial charge < -0.3 is 25.0 Å². The number of ether oxygens (including phenoxy) is 2. The molecule has 1 aromatic rings. The Morgan fingerprint density at radius 1 is 1.27 bits per heavy atom. The second-order valence-electron chi connectivity index (χ2n) is 7.20. The van der Waals surface area contributed by atoms with Crippen molar-refractivity contribution in [3.63, 3.8) is 0 Å². The van der Waals surface area contributed by atoms with Crippen molar-refractivity contribution in [3.8, 4) is 5.75 Å². The van der Waals surface area contributed by atoms with E-state index in [0.29, 0.717) is 37.4 Å². The van der Waals surface area contributed by atoms with E-state index in [1.54, 1.807) is 13.0 Å². The van der Waals surface area contributed by atoms with E-state index in [1.165, 1.54) is 23.5 Å². The Balaban J connectivity index is 2.04. The van der Waals surface area contributed by atoms with Gasteiger partial charge in [0.25, 0.3) is 0 Å². The van der Waals surface area contributed by atoms with Crippen molar-refractivity contribution < 1.29 is 27.5 Å². The fourth-order valence-electron chi connectivity index (χ4n) is 2.98. The molecule has 1 aromatic carbocycles. The standard InChI is InChI=1S/C19H30N4O6S/c1-14-12-15(6-7-16(14)28-4)30(26,27)23-9-5-11-29-17(23)13-21-19(25)18(24)20-8-10-22(2)3/h6-7,12,17H,5,8-11,13H2,1-4H3,(H,20,24)(H,21,25)/t17-/m0/s1. The third-order valence-electron chi connectivity index (χ3n) is 4.62. The molecule has 0 radical (unpaired) electrons. The summed E-state index contributed by atoms with van der Waals surface area (Å²) in [5.41, 5.74) is 0.691. The molecule has 1 fully saturated rings. The summed E-state index contributed by atoms with van der Waals surface area (Å²) in [6.45, 7) is 3.17. The van der Waals surface area contributed by atoms with E-state index >= 15 is 0 Å². The zero-order valence-corrected chi connectivity index (χ0v) is 18.6. The quantitative estimate of drug-likeness (QED) is 0.523. The molecule has 11 heteroatoms. The highest BCUT2D eigenvalue weighted by Gasteiger charge is 2.35. The molecule has 1 heterocycles. The van der Waals surface area contributed by atoms with E-state index in [1.807, 2.05) is 19.0 Å². The number of benzene rings is 1. The first-order valence-corrected chi connectivity index (χ1v) is 11.1. The fraction of sp³-hybridized carbons (Fsp3) is 0.579. The predicted octanol–water partition coefficient (Wildman–Crippen LogP) is -0.465. The van der Waals surface area contributed by atoms with Gasteiger partial charge in [-0.3, -0.25) is 9.59 Å². The van der Waals surface area contributed by atoms with Crippen LogP contribution in [0.15, 0.2) is 23.1 Å².